The molecule has 0 saturated heterocycles. The van der Waals surface area contributed by atoms with Crippen molar-refractivity contribution >= 4 is 28.4 Å². The normalized spacial score (nSPS) is 11.9. The van der Waals surface area contributed by atoms with E-state index in [9.17, 15) is 13.2 Å². The van der Waals surface area contributed by atoms with E-state index in [1.165, 1.54) is 6.07 Å². The Hall–Kier alpha value is -2.99. The predicted octanol–water partition coefficient (Wildman–Crippen LogP) is 6.42. The van der Waals surface area contributed by atoms with Crippen LogP contribution in [-0.4, -0.2) is 4.98 Å². The third-order valence-electron chi connectivity index (χ3n) is 4.13. The van der Waals surface area contributed by atoms with Crippen molar-refractivity contribution < 1.29 is 17.6 Å². The zero-order valence-corrected chi connectivity index (χ0v) is 14.5. The smallest absolute Gasteiger partial charge is 0.416 e. The lowest BCUT2D eigenvalue weighted by molar-refractivity contribution is -0.137. The van der Waals surface area contributed by atoms with E-state index in [4.69, 9.17) is 21.8 Å². The Kier molecular flexibility index (Phi) is 4.08. The Labute approximate surface area is 157 Å². The van der Waals surface area contributed by atoms with Gasteiger partial charge in [-0.05, 0) is 48.0 Å². The summed E-state index contributed by atoms with van der Waals surface area (Å²) < 4.78 is 44.2. The molecule has 0 aliphatic rings. The highest BCUT2D eigenvalue weighted by atomic mass is 35.5. The molecule has 1 heterocycles. The molecule has 0 unspecified atom stereocenters. The summed E-state index contributed by atoms with van der Waals surface area (Å²) in [7, 11) is 0. The number of hydrogen-bond donors (Lipinski definition) is 1. The van der Waals surface area contributed by atoms with E-state index in [1.54, 1.807) is 30.3 Å². The van der Waals surface area contributed by atoms with Crippen LogP contribution in [0.25, 0.3) is 33.7 Å². The molecular formula is C20H12ClF3N2O. The van der Waals surface area contributed by atoms with Crippen molar-refractivity contribution in [2.24, 2.45) is 0 Å². The van der Waals surface area contributed by atoms with Gasteiger partial charge in [0.2, 0.25) is 5.89 Å². The van der Waals surface area contributed by atoms with E-state index in [-0.39, 0.29) is 17.0 Å². The van der Waals surface area contributed by atoms with Crippen molar-refractivity contribution in [1.82, 2.24) is 4.98 Å². The topological polar surface area (TPSA) is 52.0 Å². The lowest BCUT2D eigenvalue weighted by atomic mass is 10.0. The van der Waals surface area contributed by atoms with Gasteiger partial charge in [-0.1, -0.05) is 29.8 Å². The Balaban J connectivity index is 1.77. The van der Waals surface area contributed by atoms with Crippen LogP contribution in [0.15, 0.2) is 65.1 Å². The monoisotopic (exact) mass is 388 g/mol. The zero-order chi connectivity index (χ0) is 19.2. The molecule has 3 nitrogen and oxygen atoms in total. The second-order valence-electron chi connectivity index (χ2n) is 6.02. The number of nitrogen functional groups attached to an aromatic ring is 1. The predicted molar refractivity (Wildman–Crippen MR) is 99.3 cm³/mol. The second kappa shape index (κ2) is 6.32. The minimum absolute atomic E-state index is 0.149. The number of anilines is 1. The summed E-state index contributed by atoms with van der Waals surface area (Å²) in [6.07, 6.45) is -4.43. The zero-order valence-electron chi connectivity index (χ0n) is 13.7. The van der Waals surface area contributed by atoms with Crippen LogP contribution in [0.4, 0.5) is 18.9 Å². The van der Waals surface area contributed by atoms with E-state index in [0.717, 1.165) is 23.3 Å². The largest absolute Gasteiger partial charge is 0.436 e. The molecule has 0 radical (unpaired) electrons. The van der Waals surface area contributed by atoms with Crippen molar-refractivity contribution in [2.45, 2.75) is 6.18 Å². The first-order valence-corrected chi connectivity index (χ1v) is 8.33. The Morgan fingerprint density at radius 1 is 0.926 bits per heavy atom. The van der Waals surface area contributed by atoms with E-state index in [2.05, 4.69) is 4.98 Å². The van der Waals surface area contributed by atoms with Crippen LogP contribution in [0.2, 0.25) is 5.02 Å². The standard InChI is InChI=1S/C20H12ClF3N2O/c21-16-10-14(25)5-6-15(16)11-2-1-3-12(8-11)19-26-17-9-13(20(22,23)24)4-7-18(17)27-19/h1-10H,25H2. The summed E-state index contributed by atoms with van der Waals surface area (Å²) in [5.41, 5.74) is 8.17. The quantitative estimate of drug-likeness (QED) is 0.403. The lowest BCUT2D eigenvalue weighted by Crippen LogP contribution is -2.03. The maximum absolute atomic E-state index is 12.9. The molecule has 0 aliphatic carbocycles. The first-order valence-electron chi connectivity index (χ1n) is 7.95. The summed E-state index contributed by atoms with van der Waals surface area (Å²) in [6.45, 7) is 0. The van der Waals surface area contributed by atoms with Gasteiger partial charge >= 0.3 is 6.18 Å². The van der Waals surface area contributed by atoms with Gasteiger partial charge in [-0.15, -0.1) is 0 Å². The molecule has 4 rings (SSSR count). The molecule has 2 N–H and O–H groups in total. The van der Waals surface area contributed by atoms with Crippen molar-refractivity contribution in [1.29, 1.82) is 0 Å². The summed E-state index contributed by atoms with van der Waals surface area (Å²) in [5, 5.41) is 0.500. The van der Waals surface area contributed by atoms with Gasteiger partial charge in [0.1, 0.15) is 5.52 Å². The minimum Gasteiger partial charge on any atom is -0.436 e. The number of oxazole rings is 1. The highest BCUT2D eigenvalue weighted by molar-refractivity contribution is 6.33. The number of alkyl halides is 3. The third-order valence-corrected chi connectivity index (χ3v) is 4.44. The van der Waals surface area contributed by atoms with Gasteiger partial charge in [-0.3, -0.25) is 0 Å². The van der Waals surface area contributed by atoms with E-state index >= 15 is 0 Å². The highest BCUT2D eigenvalue weighted by Crippen LogP contribution is 2.35. The molecule has 0 fully saturated rings. The second-order valence-corrected chi connectivity index (χ2v) is 6.43. The lowest BCUT2D eigenvalue weighted by Gasteiger charge is -2.06. The molecule has 0 spiro atoms. The van der Waals surface area contributed by atoms with Crippen LogP contribution in [-0.2, 0) is 6.18 Å². The molecule has 0 bridgehead atoms. The molecule has 7 heteroatoms. The summed E-state index contributed by atoms with van der Waals surface area (Å²) in [6, 6.07) is 15.7. The average Bonchev–Trinajstić information content (AvgIpc) is 3.04. The van der Waals surface area contributed by atoms with Gasteiger partial charge in [0.05, 0.1) is 10.6 Å². The van der Waals surface area contributed by atoms with Gasteiger partial charge in [-0.2, -0.15) is 13.2 Å². The minimum atomic E-state index is -4.43. The number of benzene rings is 3. The molecule has 0 saturated carbocycles. The summed E-state index contributed by atoms with van der Waals surface area (Å²) in [5.74, 6) is 0.234. The van der Waals surface area contributed by atoms with Gasteiger partial charge in [0.15, 0.2) is 5.58 Å². The molecule has 0 amide bonds. The molecule has 27 heavy (non-hydrogen) atoms. The fourth-order valence-corrected chi connectivity index (χ4v) is 3.11. The number of rotatable bonds is 2. The highest BCUT2D eigenvalue weighted by Gasteiger charge is 2.31. The van der Waals surface area contributed by atoms with Crippen LogP contribution >= 0.6 is 11.6 Å². The number of hydrogen-bond acceptors (Lipinski definition) is 3. The van der Waals surface area contributed by atoms with Crippen LogP contribution in [0.5, 0.6) is 0 Å². The van der Waals surface area contributed by atoms with Crippen molar-refractivity contribution in [3.05, 3.63) is 71.2 Å². The number of fused-ring (bicyclic) bond motifs is 1. The first-order chi connectivity index (χ1) is 12.8. The van der Waals surface area contributed by atoms with E-state index < -0.39 is 11.7 Å². The molecule has 1 aromatic heterocycles. The molecule has 136 valence electrons. The molecule has 0 atom stereocenters. The third kappa shape index (κ3) is 3.36. The van der Waals surface area contributed by atoms with E-state index in [1.807, 2.05) is 12.1 Å². The van der Waals surface area contributed by atoms with Crippen LogP contribution in [0.1, 0.15) is 5.56 Å². The van der Waals surface area contributed by atoms with Crippen molar-refractivity contribution in [3.8, 4) is 22.6 Å². The number of aromatic nitrogens is 1. The number of nitrogens with zero attached hydrogens (tertiary/aromatic N) is 1. The Morgan fingerprint density at radius 3 is 2.44 bits per heavy atom. The Morgan fingerprint density at radius 2 is 1.70 bits per heavy atom. The van der Waals surface area contributed by atoms with Crippen LogP contribution in [0.3, 0.4) is 0 Å². The van der Waals surface area contributed by atoms with Gasteiger partial charge in [0, 0.05) is 16.8 Å². The maximum atomic E-state index is 12.9. The van der Waals surface area contributed by atoms with Gasteiger partial charge in [0.25, 0.3) is 0 Å². The summed E-state index contributed by atoms with van der Waals surface area (Å²) in [4.78, 5) is 4.21. The molecule has 0 aliphatic heterocycles. The molecule has 3 aromatic carbocycles. The SMILES string of the molecule is Nc1ccc(-c2cccc(-c3nc4cc(C(F)(F)F)ccc4o3)c2)c(Cl)c1. The van der Waals surface area contributed by atoms with Crippen LogP contribution < -0.4 is 5.73 Å². The van der Waals surface area contributed by atoms with Crippen molar-refractivity contribution in [2.75, 3.05) is 5.73 Å². The van der Waals surface area contributed by atoms with Gasteiger partial charge in [-0.25, -0.2) is 4.98 Å². The summed E-state index contributed by atoms with van der Waals surface area (Å²) >= 11 is 6.26. The number of halogens is 4. The molecule has 4 aromatic rings. The maximum Gasteiger partial charge on any atom is 0.416 e. The van der Waals surface area contributed by atoms with Crippen molar-refractivity contribution in [3.63, 3.8) is 0 Å². The number of nitrogens with two attached hydrogens (primary N) is 1. The fraction of sp³-hybridized carbons (Fsp3) is 0.0500. The van der Waals surface area contributed by atoms with Gasteiger partial charge < -0.3 is 10.2 Å². The molecular weight excluding hydrogens is 377 g/mol. The Bertz CT molecular complexity index is 1150. The van der Waals surface area contributed by atoms with Crippen LogP contribution in [0, 0.1) is 0 Å². The average molecular weight is 389 g/mol. The van der Waals surface area contributed by atoms with E-state index in [0.29, 0.717) is 16.3 Å². The fourth-order valence-electron chi connectivity index (χ4n) is 2.81. The first kappa shape index (κ1) is 17.4.